The van der Waals surface area contributed by atoms with Crippen LogP contribution in [-0.4, -0.2) is 39.5 Å². The standard InChI is InChI=1S/C26H18F12N4O4S/c1-2-47(45,42-21(44)25(33,34)35)12-20(43)40-19(11-39)14-5-3-13(4-6-14)18-10-22(46-41-18,26(36,37)38)15-7-16(23(27,28)29)9-17(8-15)24(30,31)32/h3-10,12,19,41H,2H2,1H3,(H,40,43)(H,42,44,45). The lowest BCUT2D eigenvalue weighted by Gasteiger charge is -2.29. The second-order valence-electron chi connectivity index (χ2n) is 9.54. The molecule has 256 valence electrons. The molecule has 2 aromatic rings. The predicted molar refractivity (Wildman–Crippen MR) is 138 cm³/mol. The zero-order valence-corrected chi connectivity index (χ0v) is 23.8. The SMILES string of the molecule is CCS(=O)(=CC(=O)NC(C#N)c1ccc(C2=CC(c3cc(C(F)(F)F)cc(C(F)(F)F)c3)(C(F)(F)F)ON2)cc1)NC(=O)C(F)(F)F. The summed E-state index contributed by atoms with van der Waals surface area (Å²) >= 11 is 0. The van der Waals surface area contributed by atoms with E-state index in [-0.39, 0.29) is 40.8 Å². The topological polar surface area (TPSA) is 120 Å². The maximum Gasteiger partial charge on any atom is 0.472 e. The van der Waals surface area contributed by atoms with E-state index in [2.05, 4.69) is 4.84 Å². The number of rotatable bonds is 7. The minimum Gasteiger partial charge on any atom is -0.332 e. The Labute approximate surface area is 256 Å². The number of nitrogens with zero attached hydrogens (tertiary/aromatic N) is 1. The van der Waals surface area contributed by atoms with Crippen molar-refractivity contribution in [3.05, 3.63) is 76.4 Å². The molecule has 3 N–H and O–H groups in total. The normalized spacial score (nSPS) is 19.0. The van der Waals surface area contributed by atoms with Gasteiger partial charge in [-0.1, -0.05) is 31.2 Å². The Hall–Kier alpha value is -4.45. The van der Waals surface area contributed by atoms with Crippen molar-refractivity contribution in [3.63, 3.8) is 0 Å². The van der Waals surface area contributed by atoms with E-state index >= 15 is 0 Å². The van der Waals surface area contributed by atoms with Gasteiger partial charge in [-0.2, -0.15) is 57.9 Å². The molecular formula is C26H18F12N4O4S. The molecule has 0 bridgehead atoms. The molecule has 0 aromatic heterocycles. The first-order chi connectivity index (χ1) is 21.3. The summed E-state index contributed by atoms with van der Waals surface area (Å²) in [6, 6.07) is 3.49. The number of hydrogen-bond donors (Lipinski definition) is 3. The maximum absolute atomic E-state index is 14.3. The fourth-order valence-corrected chi connectivity index (χ4v) is 5.16. The Balaban J connectivity index is 1.96. The van der Waals surface area contributed by atoms with Crippen LogP contribution >= 0.6 is 0 Å². The summed E-state index contributed by atoms with van der Waals surface area (Å²) in [6.45, 7) is 1.09. The Morgan fingerprint density at radius 2 is 1.49 bits per heavy atom. The number of carbonyl (C=O) groups is 2. The van der Waals surface area contributed by atoms with E-state index < -0.39 is 86.0 Å². The first-order valence-electron chi connectivity index (χ1n) is 12.4. The molecule has 3 rings (SSSR count). The van der Waals surface area contributed by atoms with Gasteiger partial charge < -0.3 is 5.32 Å². The number of hydrogen-bond acceptors (Lipinski definition) is 6. The highest BCUT2D eigenvalue weighted by Crippen LogP contribution is 2.49. The van der Waals surface area contributed by atoms with Gasteiger partial charge in [-0.25, -0.2) is 4.21 Å². The molecule has 21 heteroatoms. The third-order valence-electron chi connectivity index (χ3n) is 6.33. The van der Waals surface area contributed by atoms with E-state index in [0.717, 1.165) is 31.2 Å². The number of benzene rings is 2. The van der Waals surface area contributed by atoms with Crippen molar-refractivity contribution in [1.82, 2.24) is 15.5 Å². The molecule has 3 unspecified atom stereocenters. The molecule has 1 heterocycles. The number of carbonyl (C=O) groups excluding carboxylic acids is 2. The fourth-order valence-electron chi connectivity index (χ4n) is 3.95. The zero-order chi connectivity index (χ0) is 35.8. The molecule has 2 amide bonds. The number of nitrogens with one attached hydrogen (secondary N) is 3. The van der Waals surface area contributed by atoms with Gasteiger partial charge in [0, 0.05) is 11.3 Å². The Morgan fingerprint density at radius 3 is 1.91 bits per heavy atom. The number of hydroxylamine groups is 1. The number of alkyl halides is 12. The van der Waals surface area contributed by atoms with E-state index in [0.29, 0.717) is 0 Å². The van der Waals surface area contributed by atoms with Crippen molar-refractivity contribution >= 4 is 32.6 Å². The van der Waals surface area contributed by atoms with Crippen molar-refractivity contribution in [1.29, 1.82) is 5.26 Å². The molecule has 47 heavy (non-hydrogen) atoms. The summed E-state index contributed by atoms with van der Waals surface area (Å²) < 4.78 is 174. The van der Waals surface area contributed by atoms with Crippen LogP contribution in [0.3, 0.4) is 0 Å². The van der Waals surface area contributed by atoms with E-state index in [1.165, 1.54) is 4.72 Å². The van der Waals surface area contributed by atoms with Crippen molar-refractivity contribution in [2.75, 3.05) is 5.75 Å². The highest BCUT2D eigenvalue weighted by molar-refractivity contribution is 8.01. The van der Waals surface area contributed by atoms with Gasteiger partial charge >= 0.3 is 30.6 Å². The van der Waals surface area contributed by atoms with Crippen molar-refractivity contribution < 1.29 is 71.3 Å². The van der Waals surface area contributed by atoms with Gasteiger partial charge in [-0.3, -0.25) is 24.6 Å². The third kappa shape index (κ3) is 8.29. The van der Waals surface area contributed by atoms with E-state index in [4.69, 9.17) is 0 Å². The van der Waals surface area contributed by atoms with Gasteiger partial charge in [0.05, 0.1) is 38.0 Å². The van der Waals surface area contributed by atoms with Gasteiger partial charge in [0.15, 0.2) is 0 Å². The maximum atomic E-state index is 14.3. The van der Waals surface area contributed by atoms with Crippen molar-refractivity contribution in [2.24, 2.45) is 0 Å². The quantitative estimate of drug-likeness (QED) is 0.260. The van der Waals surface area contributed by atoms with Crippen LogP contribution in [0.15, 0.2) is 48.5 Å². The van der Waals surface area contributed by atoms with Crippen LogP contribution in [0.4, 0.5) is 52.7 Å². The molecule has 2 aromatic carbocycles. The van der Waals surface area contributed by atoms with Crippen LogP contribution in [-0.2, 0) is 42.1 Å². The smallest absolute Gasteiger partial charge is 0.332 e. The van der Waals surface area contributed by atoms with Gasteiger partial charge in [0.1, 0.15) is 6.04 Å². The van der Waals surface area contributed by atoms with Crippen LogP contribution in [0.25, 0.3) is 5.70 Å². The highest BCUT2D eigenvalue weighted by Gasteiger charge is 2.60. The molecule has 3 atom stereocenters. The monoisotopic (exact) mass is 710 g/mol. The molecule has 0 aliphatic carbocycles. The lowest BCUT2D eigenvalue weighted by molar-refractivity contribution is -0.269. The minimum atomic E-state index is -5.61. The Kier molecular flexibility index (Phi) is 9.95. The van der Waals surface area contributed by atoms with E-state index in [1.807, 2.05) is 10.8 Å². The van der Waals surface area contributed by atoms with Crippen LogP contribution in [0, 0.1) is 11.3 Å². The molecule has 1 aliphatic heterocycles. The van der Waals surface area contributed by atoms with Crippen LogP contribution in [0.5, 0.6) is 0 Å². The first kappa shape index (κ1) is 37.0. The fraction of sp³-hybridized carbons (Fsp3) is 0.308. The van der Waals surface area contributed by atoms with Crippen molar-refractivity contribution in [3.8, 4) is 6.07 Å². The summed E-state index contributed by atoms with van der Waals surface area (Å²) in [6.07, 6.45) is -21.8. The van der Waals surface area contributed by atoms with E-state index in [1.54, 1.807) is 6.07 Å². The van der Waals surface area contributed by atoms with Gasteiger partial charge in [-0.05, 0) is 35.4 Å². The molecular weight excluding hydrogens is 692 g/mol. The largest absolute Gasteiger partial charge is 0.472 e. The molecule has 0 saturated heterocycles. The minimum absolute atomic E-state index is 0.0883. The zero-order valence-electron chi connectivity index (χ0n) is 23.0. The van der Waals surface area contributed by atoms with Gasteiger partial charge in [-0.15, -0.1) is 0 Å². The summed E-state index contributed by atoms with van der Waals surface area (Å²) in [5.41, 5.74) is -8.47. The van der Waals surface area contributed by atoms with E-state index in [9.17, 15) is 71.7 Å². The number of nitriles is 1. The Morgan fingerprint density at radius 1 is 0.957 bits per heavy atom. The second-order valence-corrected chi connectivity index (χ2v) is 12.0. The average Bonchev–Trinajstić information content (AvgIpc) is 3.42. The second kappa shape index (κ2) is 12.6. The molecule has 0 spiro atoms. The summed E-state index contributed by atoms with van der Waals surface area (Å²) in [5.74, 6) is -4.59. The van der Waals surface area contributed by atoms with Gasteiger partial charge in [0.25, 0.3) is 5.91 Å². The first-order valence-corrected chi connectivity index (χ1v) is 14.2. The predicted octanol–water partition coefficient (Wildman–Crippen LogP) is 5.44. The molecule has 0 saturated carbocycles. The molecule has 8 nitrogen and oxygen atoms in total. The molecule has 1 aliphatic rings. The summed E-state index contributed by atoms with van der Waals surface area (Å²) in [4.78, 5) is 28.1. The number of halogens is 12. The van der Waals surface area contributed by atoms with Crippen LogP contribution in [0.2, 0.25) is 0 Å². The molecule has 0 fully saturated rings. The van der Waals surface area contributed by atoms with Crippen LogP contribution < -0.4 is 15.5 Å². The number of amides is 2. The summed E-state index contributed by atoms with van der Waals surface area (Å²) in [5, 5.41) is 11.7. The highest BCUT2D eigenvalue weighted by atomic mass is 32.2. The lowest BCUT2D eigenvalue weighted by Crippen LogP contribution is -2.43. The summed E-state index contributed by atoms with van der Waals surface area (Å²) in [7, 11) is -4.04. The third-order valence-corrected chi connectivity index (χ3v) is 8.31. The van der Waals surface area contributed by atoms with Crippen molar-refractivity contribution in [2.45, 2.75) is 43.3 Å². The average molecular weight is 710 g/mol. The lowest BCUT2D eigenvalue weighted by atomic mass is 9.88. The van der Waals surface area contributed by atoms with Gasteiger partial charge in [0.2, 0.25) is 5.60 Å². The molecule has 0 radical (unpaired) electrons. The Bertz CT molecular complexity index is 1700. The van der Waals surface area contributed by atoms with Crippen LogP contribution in [0.1, 0.15) is 40.8 Å².